The molecule has 200 valence electrons. The van der Waals surface area contributed by atoms with Gasteiger partial charge in [-0.3, -0.25) is 0 Å². The lowest BCUT2D eigenvalue weighted by Crippen LogP contribution is -2.22. The largest absolute Gasteiger partial charge is 0.0622 e. The molecule has 0 aliphatic carbocycles. The molecule has 0 aliphatic heterocycles. The van der Waals surface area contributed by atoms with E-state index >= 15 is 0 Å². The van der Waals surface area contributed by atoms with Gasteiger partial charge in [-0.25, -0.2) is 0 Å². The molecular formula is C37H52. The number of rotatable bonds is 3. The quantitative estimate of drug-likeness (QED) is 0.316. The van der Waals surface area contributed by atoms with Crippen LogP contribution < -0.4 is 0 Å². The summed E-state index contributed by atoms with van der Waals surface area (Å²) in [5.74, 6) is 0.174. The van der Waals surface area contributed by atoms with E-state index in [0.29, 0.717) is 0 Å². The Bertz CT molecular complexity index is 1160. The van der Waals surface area contributed by atoms with E-state index in [4.69, 9.17) is 0 Å². The minimum Gasteiger partial charge on any atom is -0.0622 e. The van der Waals surface area contributed by atoms with Gasteiger partial charge in [-0.15, -0.1) is 0 Å². The average Bonchev–Trinajstić information content (AvgIpc) is 2.73. The first-order valence-corrected chi connectivity index (χ1v) is 14.1. The van der Waals surface area contributed by atoms with Crippen molar-refractivity contribution in [3.8, 4) is 0 Å². The van der Waals surface area contributed by atoms with E-state index in [9.17, 15) is 0 Å². The van der Waals surface area contributed by atoms with Gasteiger partial charge in [0.05, 0.1) is 0 Å². The predicted molar refractivity (Wildman–Crippen MR) is 165 cm³/mol. The van der Waals surface area contributed by atoms with Crippen LogP contribution in [0.5, 0.6) is 0 Å². The molecule has 0 aliphatic rings. The number of benzene rings is 3. The third kappa shape index (κ3) is 6.22. The Morgan fingerprint density at radius 3 is 1.11 bits per heavy atom. The highest BCUT2D eigenvalue weighted by molar-refractivity contribution is 5.56. The zero-order valence-corrected chi connectivity index (χ0v) is 26.3. The van der Waals surface area contributed by atoms with Crippen LogP contribution in [-0.2, 0) is 21.7 Å². The first kappa shape index (κ1) is 29.2. The second-order valence-corrected chi connectivity index (χ2v) is 15.3. The molecule has 3 rings (SSSR count). The smallest absolute Gasteiger partial charge is 0.0345 e. The van der Waals surface area contributed by atoms with Gasteiger partial charge in [0, 0.05) is 5.92 Å². The topological polar surface area (TPSA) is 0 Å². The molecule has 0 amide bonds. The third-order valence-electron chi connectivity index (χ3n) is 8.00. The standard InChI is InChI=1S/C37H52/c1-24-29(20-27(34(3,4)5)22-31(24)36(9,10)11)33(26-18-16-15-17-19-26)30-21-28(35(6,7)8)23-32(25(30)2)37(12,13)14/h15-23,33H,1-14H3. The summed E-state index contributed by atoms with van der Waals surface area (Å²) in [5.41, 5.74) is 13.1. The van der Waals surface area contributed by atoms with Crippen LogP contribution in [0.4, 0.5) is 0 Å². The van der Waals surface area contributed by atoms with Crippen LogP contribution in [0.2, 0.25) is 0 Å². The fourth-order valence-electron chi connectivity index (χ4n) is 5.67. The molecule has 0 atom stereocenters. The Balaban J connectivity index is 2.53. The van der Waals surface area contributed by atoms with E-state index in [0.717, 1.165) is 0 Å². The molecule has 0 nitrogen and oxygen atoms in total. The predicted octanol–water partition coefficient (Wildman–Crippen LogP) is 10.7. The van der Waals surface area contributed by atoms with E-state index < -0.39 is 0 Å². The maximum atomic E-state index is 2.52. The van der Waals surface area contributed by atoms with Gasteiger partial charge in [0.15, 0.2) is 0 Å². The zero-order chi connectivity index (χ0) is 28.1. The van der Waals surface area contributed by atoms with Crippen LogP contribution in [0.15, 0.2) is 54.6 Å². The minimum absolute atomic E-state index is 0.0696. The van der Waals surface area contributed by atoms with Gasteiger partial charge in [0.1, 0.15) is 0 Å². The van der Waals surface area contributed by atoms with Crippen molar-refractivity contribution in [1.29, 1.82) is 0 Å². The summed E-state index contributed by atoms with van der Waals surface area (Å²) in [5, 5.41) is 0. The van der Waals surface area contributed by atoms with Crippen LogP contribution in [0.3, 0.4) is 0 Å². The maximum absolute atomic E-state index is 2.52. The van der Waals surface area contributed by atoms with Gasteiger partial charge in [0.25, 0.3) is 0 Å². The highest BCUT2D eigenvalue weighted by Crippen LogP contribution is 2.44. The van der Waals surface area contributed by atoms with Gasteiger partial charge in [-0.05, 0) is 85.6 Å². The summed E-state index contributed by atoms with van der Waals surface area (Å²) in [6.45, 7) is 32.9. The maximum Gasteiger partial charge on any atom is 0.0345 e. The monoisotopic (exact) mass is 496 g/mol. The Labute approximate surface area is 228 Å². The van der Waals surface area contributed by atoms with Crippen molar-refractivity contribution in [3.63, 3.8) is 0 Å². The molecule has 0 fully saturated rings. The van der Waals surface area contributed by atoms with Crippen molar-refractivity contribution >= 4 is 0 Å². The van der Waals surface area contributed by atoms with E-state index in [2.05, 4.69) is 152 Å². The van der Waals surface area contributed by atoms with Gasteiger partial charge < -0.3 is 0 Å². The summed E-state index contributed by atoms with van der Waals surface area (Å²) >= 11 is 0. The molecule has 3 aromatic rings. The van der Waals surface area contributed by atoms with E-state index in [-0.39, 0.29) is 27.6 Å². The normalized spacial score (nSPS) is 13.4. The third-order valence-corrected chi connectivity index (χ3v) is 8.00. The molecule has 3 aromatic carbocycles. The fourth-order valence-corrected chi connectivity index (χ4v) is 5.67. The van der Waals surface area contributed by atoms with Crippen molar-refractivity contribution in [2.45, 2.75) is 125 Å². The van der Waals surface area contributed by atoms with Crippen molar-refractivity contribution in [2.24, 2.45) is 0 Å². The summed E-state index contributed by atoms with van der Waals surface area (Å²) < 4.78 is 0. The van der Waals surface area contributed by atoms with E-state index in [1.807, 2.05) is 0 Å². The average molecular weight is 497 g/mol. The fraction of sp³-hybridized carbons (Fsp3) is 0.514. The van der Waals surface area contributed by atoms with Gasteiger partial charge in [-0.1, -0.05) is 138 Å². The number of hydrogen-bond donors (Lipinski definition) is 0. The molecule has 0 saturated heterocycles. The summed E-state index contributed by atoms with van der Waals surface area (Å²) in [7, 11) is 0. The molecule has 0 N–H and O–H groups in total. The lowest BCUT2D eigenvalue weighted by atomic mass is 9.70. The van der Waals surface area contributed by atoms with E-state index in [1.54, 1.807) is 0 Å². The highest BCUT2D eigenvalue weighted by atomic mass is 14.3. The molecule has 0 heterocycles. The molecule has 0 aromatic heterocycles. The second kappa shape index (κ2) is 9.76. The molecule has 0 heteroatoms. The van der Waals surface area contributed by atoms with Crippen LogP contribution in [-0.4, -0.2) is 0 Å². The molecular weight excluding hydrogens is 444 g/mol. The Morgan fingerprint density at radius 1 is 0.459 bits per heavy atom. The van der Waals surface area contributed by atoms with Crippen LogP contribution in [0, 0.1) is 13.8 Å². The molecule has 37 heavy (non-hydrogen) atoms. The molecule has 0 unspecified atom stereocenters. The second-order valence-electron chi connectivity index (χ2n) is 15.3. The Hall–Kier alpha value is -2.34. The first-order chi connectivity index (χ1) is 16.7. The number of hydrogen-bond acceptors (Lipinski definition) is 0. The summed E-state index contributed by atoms with van der Waals surface area (Å²) in [4.78, 5) is 0. The molecule has 0 bridgehead atoms. The molecule has 0 radical (unpaired) electrons. The van der Waals surface area contributed by atoms with Crippen LogP contribution in [0.1, 0.15) is 139 Å². The summed E-state index contributed by atoms with van der Waals surface area (Å²) in [6.07, 6.45) is 0. The SMILES string of the molecule is Cc1c(C(c2ccccc2)c2cc(C(C)(C)C)cc(C(C)(C)C)c2C)cc(C(C)(C)C)cc1C(C)(C)C. The molecule has 0 spiro atoms. The first-order valence-electron chi connectivity index (χ1n) is 14.1. The van der Waals surface area contributed by atoms with Crippen molar-refractivity contribution in [1.82, 2.24) is 0 Å². The van der Waals surface area contributed by atoms with Gasteiger partial charge >= 0.3 is 0 Å². The van der Waals surface area contributed by atoms with Crippen molar-refractivity contribution in [3.05, 3.63) is 105 Å². The highest BCUT2D eigenvalue weighted by Gasteiger charge is 2.31. The lowest BCUT2D eigenvalue weighted by Gasteiger charge is -2.34. The summed E-state index contributed by atoms with van der Waals surface area (Å²) in [6, 6.07) is 21.2. The van der Waals surface area contributed by atoms with Gasteiger partial charge in [0.2, 0.25) is 0 Å². The molecule has 0 saturated carbocycles. The minimum atomic E-state index is 0.0696. The van der Waals surface area contributed by atoms with Gasteiger partial charge in [-0.2, -0.15) is 0 Å². The van der Waals surface area contributed by atoms with Crippen molar-refractivity contribution in [2.75, 3.05) is 0 Å². The van der Waals surface area contributed by atoms with E-state index in [1.165, 1.54) is 50.1 Å². The Morgan fingerprint density at radius 2 is 0.811 bits per heavy atom. The van der Waals surface area contributed by atoms with Crippen molar-refractivity contribution < 1.29 is 0 Å². The zero-order valence-electron chi connectivity index (χ0n) is 26.3. The van der Waals surface area contributed by atoms with Crippen LogP contribution >= 0.6 is 0 Å². The lowest BCUT2D eigenvalue weighted by molar-refractivity contribution is 0.561. The van der Waals surface area contributed by atoms with Crippen LogP contribution in [0.25, 0.3) is 0 Å². The Kier molecular flexibility index (Phi) is 7.71.